The Balaban J connectivity index is 1.40. The van der Waals surface area contributed by atoms with E-state index in [1.165, 1.54) is 0 Å². The van der Waals surface area contributed by atoms with Crippen molar-refractivity contribution in [3.63, 3.8) is 0 Å². The molecule has 1 aromatic heterocycles. The van der Waals surface area contributed by atoms with Crippen LogP contribution in [0.4, 0.5) is 0 Å². The van der Waals surface area contributed by atoms with Gasteiger partial charge in [0.05, 0.1) is 18.6 Å². The zero-order valence-electron chi connectivity index (χ0n) is 15.3. The second-order valence-electron chi connectivity index (χ2n) is 6.98. The van der Waals surface area contributed by atoms with Gasteiger partial charge in [0, 0.05) is 19.2 Å². The number of carbonyl (C=O) groups is 2. The molecule has 2 aliphatic rings. The third-order valence-corrected chi connectivity index (χ3v) is 5.06. The highest BCUT2D eigenvalue weighted by atomic mass is 16.5. The number of hydrogen-bond acceptors (Lipinski definition) is 5. The number of nitrogens with one attached hydrogen (secondary N) is 1. The van der Waals surface area contributed by atoms with Gasteiger partial charge in [0.2, 0.25) is 0 Å². The fourth-order valence-electron chi connectivity index (χ4n) is 3.69. The second-order valence-corrected chi connectivity index (χ2v) is 6.98. The van der Waals surface area contributed by atoms with Gasteiger partial charge in [-0.25, -0.2) is 4.98 Å². The van der Waals surface area contributed by atoms with Gasteiger partial charge in [-0.15, -0.1) is 0 Å². The number of ether oxygens (including phenoxy) is 2. The van der Waals surface area contributed by atoms with Gasteiger partial charge in [-0.05, 0) is 31.4 Å². The molecule has 1 unspecified atom stereocenters. The number of rotatable bonds is 4. The van der Waals surface area contributed by atoms with Gasteiger partial charge < -0.3 is 19.4 Å². The molecule has 1 aromatic carbocycles. The highest BCUT2D eigenvalue weighted by molar-refractivity contribution is 5.92. The van der Waals surface area contributed by atoms with Crippen LogP contribution >= 0.6 is 0 Å². The minimum atomic E-state index is -0.211. The SMILES string of the molecule is CCOC(=O)C1CCc2nc(C(=O)N[C@H]3COc4ccccc4C3)cn2C1. The second kappa shape index (κ2) is 7.42. The van der Waals surface area contributed by atoms with Crippen LogP contribution in [0.2, 0.25) is 0 Å². The van der Waals surface area contributed by atoms with Crippen LogP contribution in [0.15, 0.2) is 30.5 Å². The molecule has 0 saturated heterocycles. The van der Waals surface area contributed by atoms with Crippen LogP contribution in [-0.4, -0.2) is 40.7 Å². The van der Waals surface area contributed by atoms with Gasteiger partial charge in [-0.1, -0.05) is 18.2 Å². The molecule has 7 nitrogen and oxygen atoms in total. The van der Waals surface area contributed by atoms with E-state index < -0.39 is 0 Å². The first-order valence-electron chi connectivity index (χ1n) is 9.38. The first kappa shape index (κ1) is 17.6. The third-order valence-electron chi connectivity index (χ3n) is 5.06. The Bertz CT molecular complexity index is 861. The number of imidazole rings is 1. The zero-order chi connectivity index (χ0) is 18.8. The summed E-state index contributed by atoms with van der Waals surface area (Å²) in [6.45, 7) is 3.14. The van der Waals surface area contributed by atoms with Crippen molar-refractivity contribution < 1.29 is 19.1 Å². The van der Waals surface area contributed by atoms with Crippen LogP contribution in [0, 0.1) is 5.92 Å². The molecular weight excluding hydrogens is 346 g/mol. The number of nitrogens with zero attached hydrogens (tertiary/aromatic N) is 2. The van der Waals surface area contributed by atoms with Crippen molar-refractivity contribution in [1.82, 2.24) is 14.9 Å². The average molecular weight is 369 g/mol. The summed E-state index contributed by atoms with van der Waals surface area (Å²) in [5.41, 5.74) is 1.48. The highest BCUT2D eigenvalue weighted by Crippen LogP contribution is 2.24. The molecule has 1 amide bonds. The van der Waals surface area contributed by atoms with Crippen LogP contribution in [0.5, 0.6) is 5.75 Å². The maximum absolute atomic E-state index is 12.6. The molecule has 3 heterocycles. The van der Waals surface area contributed by atoms with Crippen LogP contribution < -0.4 is 10.1 Å². The van der Waals surface area contributed by atoms with Gasteiger partial charge in [0.15, 0.2) is 0 Å². The predicted molar refractivity (Wildman–Crippen MR) is 97.6 cm³/mol. The Hall–Kier alpha value is -2.83. The van der Waals surface area contributed by atoms with E-state index in [4.69, 9.17) is 9.47 Å². The molecule has 2 aromatic rings. The molecule has 0 bridgehead atoms. The number of benzene rings is 1. The molecule has 0 spiro atoms. The van der Waals surface area contributed by atoms with Gasteiger partial charge in [-0.3, -0.25) is 9.59 Å². The lowest BCUT2D eigenvalue weighted by Gasteiger charge is -2.25. The molecule has 27 heavy (non-hydrogen) atoms. The smallest absolute Gasteiger partial charge is 0.310 e. The van der Waals surface area contributed by atoms with Gasteiger partial charge >= 0.3 is 5.97 Å². The standard InChI is InChI=1S/C20H23N3O4/c1-2-26-20(25)14-7-8-18-22-16(11-23(18)10-14)19(24)21-15-9-13-5-3-4-6-17(13)27-12-15/h3-6,11,14-15H,2,7-10,12H2,1H3,(H,21,24)/t14?,15-/m1/s1. The minimum absolute atomic E-state index is 0.0848. The van der Waals surface area contributed by atoms with Crippen LogP contribution in [-0.2, 0) is 28.9 Å². The molecule has 0 fully saturated rings. The molecule has 2 atom stereocenters. The molecule has 4 rings (SSSR count). The summed E-state index contributed by atoms with van der Waals surface area (Å²) < 4.78 is 12.7. The fourth-order valence-corrected chi connectivity index (χ4v) is 3.69. The van der Waals surface area contributed by atoms with E-state index in [9.17, 15) is 9.59 Å². The number of para-hydroxylation sites is 1. The summed E-state index contributed by atoms with van der Waals surface area (Å²) in [5, 5.41) is 3.01. The van der Waals surface area contributed by atoms with Gasteiger partial charge in [0.25, 0.3) is 5.91 Å². The summed E-state index contributed by atoms with van der Waals surface area (Å²) in [4.78, 5) is 29.0. The molecule has 1 N–H and O–H groups in total. The summed E-state index contributed by atoms with van der Waals surface area (Å²) in [5.74, 6) is 1.15. The zero-order valence-corrected chi connectivity index (χ0v) is 15.3. The summed E-state index contributed by atoms with van der Waals surface area (Å²) >= 11 is 0. The maximum atomic E-state index is 12.6. The molecule has 0 radical (unpaired) electrons. The average Bonchev–Trinajstić information content (AvgIpc) is 3.11. The van der Waals surface area contributed by atoms with Crippen molar-refractivity contribution in [2.24, 2.45) is 5.92 Å². The van der Waals surface area contributed by atoms with Crippen LogP contribution in [0.1, 0.15) is 35.2 Å². The van der Waals surface area contributed by atoms with Crippen molar-refractivity contribution in [3.8, 4) is 5.75 Å². The Morgan fingerprint density at radius 2 is 2.22 bits per heavy atom. The number of carbonyl (C=O) groups excluding carboxylic acids is 2. The van der Waals surface area contributed by atoms with Crippen LogP contribution in [0.25, 0.3) is 0 Å². The van der Waals surface area contributed by atoms with E-state index in [1.54, 1.807) is 13.1 Å². The van der Waals surface area contributed by atoms with Gasteiger partial charge in [0.1, 0.15) is 23.9 Å². The minimum Gasteiger partial charge on any atom is -0.491 e. The van der Waals surface area contributed by atoms with Crippen LogP contribution in [0.3, 0.4) is 0 Å². The first-order valence-corrected chi connectivity index (χ1v) is 9.38. The molecule has 142 valence electrons. The maximum Gasteiger partial charge on any atom is 0.310 e. The normalized spacial score (nSPS) is 20.8. The van der Waals surface area contributed by atoms with E-state index in [0.717, 1.165) is 23.6 Å². The van der Waals surface area contributed by atoms with E-state index in [-0.39, 0.29) is 23.8 Å². The summed E-state index contributed by atoms with van der Waals surface area (Å²) in [6, 6.07) is 7.78. The van der Waals surface area contributed by atoms with E-state index in [0.29, 0.717) is 38.3 Å². The van der Waals surface area contributed by atoms with Crippen molar-refractivity contribution in [2.75, 3.05) is 13.2 Å². The Kier molecular flexibility index (Phi) is 4.83. The Morgan fingerprint density at radius 3 is 3.07 bits per heavy atom. The number of aryl methyl sites for hydroxylation is 1. The van der Waals surface area contributed by atoms with Crippen molar-refractivity contribution in [2.45, 2.75) is 38.8 Å². The van der Waals surface area contributed by atoms with Gasteiger partial charge in [-0.2, -0.15) is 0 Å². The quantitative estimate of drug-likeness (QED) is 0.830. The predicted octanol–water partition coefficient (Wildman–Crippen LogP) is 1.74. The lowest BCUT2D eigenvalue weighted by atomic mass is 10.00. The molecule has 7 heteroatoms. The van der Waals surface area contributed by atoms with E-state index >= 15 is 0 Å². The molecule has 0 aliphatic carbocycles. The van der Waals surface area contributed by atoms with E-state index in [1.807, 2.05) is 28.8 Å². The van der Waals surface area contributed by atoms with Crippen molar-refractivity contribution >= 4 is 11.9 Å². The largest absolute Gasteiger partial charge is 0.491 e. The topological polar surface area (TPSA) is 82.4 Å². The lowest BCUT2D eigenvalue weighted by molar-refractivity contribution is -0.149. The van der Waals surface area contributed by atoms with Crippen molar-refractivity contribution in [1.29, 1.82) is 0 Å². The Morgan fingerprint density at radius 1 is 1.37 bits per heavy atom. The summed E-state index contributed by atoms with van der Waals surface area (Å²) in [6.07, 6.45) is 3.83. The fraction of sp³-hybridized carbons (Fsp3) is 0.450. The lowest BCUT2D eigenvalue weighted by Crippen LogP contribution is -2.42. The summed E-state index contributed by atoms with van der Waals surface area (Å²) in [7, 11) is 0. The molecule has 2 aliphatic heterocycles. The number of esters is 1. The van der Waals surface area contributed by atoms with Crippen molar-refractivity contribution in [3.05, 3.63) is 47.5 Å². The molecular formula is C20H23N3O4. The number of hydrogen-bond donors (Lipinski definition) is 1. The number of amides is 1. The number of aromatic nitrogens is 2. The highest BCUT2D eigenvalue weighted by Gasteiger charge is 2.29. The monoisotopic (exact) mass is 369 g/mol. The first-order chi connectivity index (χ1) is 13.1. The Labute approximate surface area is 157 Å². The third kappa shape index (κ3) is 3.67. The van der Waals surface area contributed by atoms with E-state index in [2.05, 4.69) is 10.3 Å². The molecule has 0 saturated carbocycles. The number of fused-ring (bicyclic) bond motifs is 2.